The van der Waals surface area contributed by atoms with Gasteiger partial charge in [0.15, 0.2) is 0 Å². The lowest BCUT2D eigenvalue weighted by Gasteiger charge is -2.04. The first kappa shape index (κ1) is 7.62. The van der Waals surface area contributed by atoms with E-state index in [-0.39, 0.29) is 0 Å². The number of hydrogen-bond acceptors (Lipinski definition) is 2. The van der Waals surface area contributed by atoms with Gasteiger partial charge in [-0.05, 0) is 30.7 Å². The number of nitrogens with zero attached hydrogens (tertiary/aromatic N) is 1. The maximum absolute atomic E-state index is 8.62. The second-order valence-corrected chi connectivity index (χ2v) is 2.20. The predicted molar refractivity (Wildman–Crippen MR) is 41.3 cm³/mol. The second-order valence-electron chi connectivity index (χ2n) is 2.20. The second kappa shape index (κ2) is 3.07. The number of hydrogen-bond donors (Lipinski definition) is 0. The molecule has 0 bridgehead atoms. The van der Waals surface area contributed by atoms with Crippen LogP contribution in [0, 0.1) is 24.3 Å². The molecule has 0 unspecified atom stereocenters. The Balaban J connectivity index is 3.27. The molecule has 0 aliphatic rings. The third-order valence-corrected chi connectivity index (χ3v) is 1.45. The van der Waals surface area contributed by atoms with Crippen LogP contribution in [-0.2, 0) is 0 Å². The van der Waals surface area contributed by atoms with Gasteiger partial charge in [-0.2, -0.15) is 5.26 Å². The van der Waals surface area contributed by atoms with Crippen LogP contribution in [0.5, 0.6) is 5.75 Å². The molecule has 0 saturated heterocycles. The minimum atomic E-state index is 0.535. The third-order valence-electron chi connectivity index (χ3n) is 1.45. The Morgan fingerprint density at radius 3 is 2.73 bits per heavy atom. The van der Waals surface area contributed by atoms with Crippen molar-refractivity contribution in [2.24, 2.45) is 0 Å². The summed E-state index contributed by atoms with van der Waals surface area (Å²) in [5.74, 6) is 0.645. The molecule has 1 radical (unpaired) electrons. The van der Waals surface area contributed by atoms with Crippen LogP contribution >= 0.6 is 0 Å². The van der Waals surface area contributed by atoms with Crippen LogP contribution in [0.3, 0.4) is 0 Å². The molecule has 0 N–H and O–H groups in total. The smallest absolute Gasteiger partial charge is 0.139 e. The molecule has 0 aromatic heterocycles. The number of rotatable bonds is 1. The number of methoxy groups -OCH3 is 1. The summed E-state index contributed by atoms with van der Waals surface area (Å²) in [6.07, 6.45) is 0. The van der Waals surface area contributed by atoms with Crippen molar-refractivity contribution < 1.29 is 4.74 Å². The normalized spacial score (nSPS) is 8.82. The highest BCUT2D eigenvalue weighted by molar-refractivity contribution is 5.47. The minimum Gasteiger partial charge on any atom is -0.495 e. The Kier molecular flexibility index (Phi) is 2.12. The summed E-state index contributed by atoms with van der Waals surface area (Å²) >= 11 is 0. The summed E-state index contributed by atoms with van der Waals surface area (Å²) in [6, 6.07) is 8.29. The molecule has 0 saturated carbocycles. The van der Waals surface area contributed by atoms with Gasteiger partial charge in [0.1, 0.15) is 11.8 Å². The third kappa shape index (κ3) is 1.32. The summed E-state index contributed by atoms with van der Waals surface area (Å²) < 4.78 is 5.02. The van der Waals surface area contributed by atoms with Crippen molar-refractivity contribution in [2.75, 3.05) is 7.11 Å². The van der Waals surface area contributed by atoms with Gasteiger partial charge in [0, 0.05) is 0 Å². The standard InChI is InChI=1S/C9H8NO/c1-7-4-3-5-8(6-10)9(7)11-2/h4-5H,1-2H3. The van der Waals surface area contributed by atoms with E-state index in [1.54, 1.807) is 19.2 Å². The van der Waals surface area contributed by atoms with E-state index in [1.807, 2.05) is 13.0 Å². The maximum Gasteiger partial charge on any atom is 0.139 e. The van der Waals surface area contributed by atoms with E-state index in [0.29, 0.717) is 11.3 Å². The molecule has 0 atom stereocenters. The molecule has 0 amide bonds. The topological polar surface area (TPSA) is 33.0 Å². The largest absolute Gasteiger partial charge is 0.495 e. The van der Waals surface area contributed by atoms with Crippen molar-refractivity contribution in [1.29, 1.82) is 5.26 Å². The summed E-state index contributed by atoms with van der Waals surface area (Å²) in [7, 11) is 1.56. The lowest BCUT2D eigenvalue weighted by molar-refractivity contribution is 0.410. The lowest BCUT2D eigenvalue weighted by atomic mass is 10.1. The van der Waals surface area contributed by atoms with Crippen molar-refractivity contribution in [3.05, 3.63) is 29.3 Å². The molecule has 55 valence electrons. The fraction of sp³-hybridized carbons (Fsp3) is 0.222. The molecule has 1 aromatic carbocycles. The lowest BCUT2D eigenvalue weighted by Crippen LogP contribution is -1.90. The number of ether oxygens (including phenoxy) is 1. The monoisotopic (exact) mass is 146 g/mol. The first-order chi connectivity index (χ1) is 5.29. The van der Waals surface area contributed by atoms with Crippen LogP contribution in [0.2, 0.25) is 0 Å². The van der Waals surface area contributed by atoms with Gasteiger partial charge in [-0.25, -0.2) is 0 Å². The van der Waals surface area contributed by atoms with Gasteiger partial charge in [-0.15, -0.1) is 0 Å². The van der Waals surface area contributed by atoms with Crippen LogP contribution in [0.4, 0.5) is 0 Å². The van der Waals surface area contributed by atoms with Gasteiger partial charge in [0.05, 0.1) is 12.7 Å². The first-order valence-electron chi connectivity index (χ1n) is 3.24. The Labute approximate surface area is 66.0 Å². The van der Waals surface area contributed by atoms with Gasteiger partial charge in [0.25, 0.3) is 0 Å². The molecule has 0 fully saturated rings. The fourth-order valence-electron chi connectivity index (χ4n) is 0.948. The Morgan fingerprint density at radius 1 is 1.55 bits per heavy atom. The van der Waals surface area contributed by atoms with Crippen LogP contribution in [0.1, 0.15) is 11.1 Å². The molecule has 11 heavy (non-hydrogen) atoms. The van der Waals surface area contributed by atoms with Gasteiger partial charge in [-0.3, -0.25) is 0 Å². The molecule has 2 heteroatoms. The van der Waals surface area contributed by atoms with Gasteiger partial charge in [0.2, 0.25) is 0 Å². The SMILES string of the molecule is COc1c(C)c[c]cc1C#N. The minimum absolute atomic E-state index is 0.535. The zero-order chi connectivity index (χ0) is 8.27. The number of benzene rings is 1. The van der Waals surface area contributed by atoms with Crippen molar-refractivity contribution >= 4 is 0 Å². The number of nitriles is 1. The fourth-order valence-corrected chi connectivity index (χ4v) is 0.948. The van der Waals surface area contributed by atoms with Gasteiger partial charge < -0.3 is 4.74 Å². The first-order valence-corrected chi connectivity index (χ1v) is 3.24. The highest BCUT2D eigenvalue weighted by Crippen LogP contribution is 2.20. The van der Waals surface area contributed by atoms with Crippen molar-refractivity contribution in [2.45, 2.75) is 6.92 Å². The average molecular weight is 146 g/mol. The van der Waals surface area contributed by atoms with Crippen molar-refractivity contribution in [3.63, 3.8) is 0 Å². The Morgan fingerprint density at radius 2 is 2.27 bits per heavy atom. The highest BCUT2D eigenvalue weighted by atomic mass is 16.5. The quantitative estimate of drug-likeness (QED) is 0.603. The molecular weight excluding hydrogens is 138 g/mol. The Bertz CT molecular complexity index is 299. The van der Waals surface area contributed by atoms with E-state index in [2.05, 4.69) is 6.07 Å². The predicted octanol–water partition coefficient (Wildman–Crippen LogP) is 1.68. The zero-order valence-electron chi connectivity index (χ0n) is 6.51. The Hall–Kier alpha value is -1.49. The van der Waals surface area contributed by atoms with E-state index in [0.717, 1.165) is 5.56 Å². The van der Waals surface area contributed by atoms with Gasteiger partial charge >= 0.3 is 0 Å². The molecular formula is C9H8NO. The molecule has 0 spiro atoms. The maximum atomic E-state index is 8.62. The number of aryl methyl sites for hydroxylation is 1. The molecule has 1 rings (SSSR count). The van der Waals surface area contributed by atoms with E-state index in [9.17, 15) is 0 Å². The van der Waals surface area contributed by atoms with Crippen LogP contribution in [0.25, 0.3) is 0 Å². The van der Waals surface area contributed by atoms with E-state index >= 15 is 0 Å². The molecule has 0 aliphatic heterocycles. The van der Waals surface area contributed by atoms with Crippen LogP contribution in [0.15, 0.2) is 12.1 Å². The molecule has 2 nitrogen and oxygen atoms in total. The summed E-state index contributed by atoms with van der Waals surface area (Å²) in [4.78, 5) is 0. The van der Waals surface area contributed by atoms with Crippen molar-refractivity contribution in [1.82, 2.24) is 0 Å². The van der Waals surface area contributed by atoms with Crippen molar-refractivity contribution in [3.8, 4) is 11.8 Å². The zero-order valence-corrected chi connectivity index (χ0v) is 6.51. The van der Waals surface area contributed by atoms with E-state index < -0.39 is 0 Å². The summed E-state index contributed by atoms with van der Waals surface area (Å²) in [5, 5.41) is 8.62. The molecule has 0 aliphatic carbocycles. The van der Waals surface area contributed by atoms with Crippen LogP contribution in [-0.4, -0.2) is 7.11 Å². The highest BCUT2D eigenvalue weighted by Gasteiger charge is 2.02. The molecule has 1 aromatic rings. The summed E-state index contributed by atoms with van der Waals surface area (Å²) in [6.45, 7) is 1.89. The van der Waals surface area contributed by atoms with Gasteiger partial charge in [-0.1, -0.05) is 0 Å². The summed E-state index contributed by atoms with van der Waals surface area (Å²) in [5.41, 5.74) is 1.47. The van der Waals surface area contributed by atoms with E-state index in [4.69, 9.17) is 10.00 Å². The average Bonchev–Trinajstić information content (AvgIpc) is 2.04. The molecule has 0 heterocycles. The van der Waals surface area contributed by atoms with Crippen LogP contribution < -0.4 is 4.74 Å². The van der Waals surface area contributed by atoms with E-state index in [1.165, 1.54) is 0 Å².